The lowest BCUT2D eigenvalue weighted by Crippen LogP contribution is -2.48. The summed E-state index contributed by atoms with van der Waals surface area (Å²) in [5, 5.41) is 3.60. The summed E-state index contributed by atoms with van der Waals surface area (Å²) in [5.41, 5.74) is 0. The van der Waals surface area contributed by atoms with Crippen molar-refractivity contribution in [2.75, 3.05) is 12.8 Å². The van der Waals surface area contributed by atoms with E-state index in [2.05, 4.69) is 58.0 Å². The second-order valence-corrected chi connectivity index (χ2v) is 8.05. The number of nitrogens with zero attached hydrogens (tertiary/aromatic N) is 1. The Kier molecular flexibility index (Phi) is 7.05. The molecule has 1 aliphatic rings. The SMILES string of the molecule is CCC(C)C1NC(C(C)C)N(CC(CC)(CC)SC)C1=O. The van der Waals surface area contributed by atoms with Crippen LogP contribution < -0.4 is 5.32 Å². The number of rotatable bonds is 8. The van der Waals surface area contributed by atoms with Gasteiger partial charge in [-0.2, -0.15) is 11.8 Å². The van der Waals surface area contributed by atoms with Crippen LogP contribution in [0.3, 0.4) is 0 Å². The van der Waals surface area contributed by atoms with Crippen molar-refractivity contribution in [3.63, 3.8) is 0 Å². The lowest BCUT2D eigenvalue weighted by Gasteiger charge is -2.37. The van der Waals surface area contributed by atoms with Gasteiger partial charge < -0.3 is 4.90 Å². The topological polar surface area (TPSA) is 32.3 Å². The van der Waals surface area contributed by atoms with E-state index < -0.39 is 0 Å². The zero-order valence-corrected chi connectivity index (χ0v) is 15.7. The molecule has 1 aliphatic heterocycles. The highest BCUT2D eigenvalue weighted by Gasteiger charge is 2.44. The Morgan fingerprint density at radius 3 is 2.19 bits per heavy atom. The minimum absolute atomic E-state index is 0.00401. The molecule has 1 N–H and O–H groups in total. The lowest BCUT2D eigenvalue weighted by molar-refractivity contribution is -0.131. The molecular formula is C17H34N2OS. The third kappa shape index (κ3) is 3.95. The fourth-order valence-electron chi connectivity index (χ4n) is 3.17. The largest absolute Gasteiger partial charge is 0.324 e. The summed E-state index contributed by atoms with van der Waals surface area (Å²) in [6.45, 7) is 14.1. The van der Waals surface area contributed by atoms with E-state index in [1.807, 2.05) is 11.8 Å². The average Bonchev–Trinajstić information content (AvgIpc) is 2.81. The number of thioether (sulfide) groups is 1. The molecule has 0 aromatic heterocycles. The maximum atomic E-state index is 12.9. The van der Waals surface area contributed by atoms with Gasteiger partial charge in [0.1, 0.15) is 0 Å². The standard InChI is InChI=1S/C17H34N2OS/c1-8-13(6)14-16(20)19(15(18-14)12(4)5)11-17(9-2,10-3)21-7/h12-15,18H,8-11H2,1-7H3. The Hall–Kier alpha value is -0.220. The van der Waals surface area contributed by atoms with E-state index in [1.165, 1.54) is 0 Å². The maximum absolute atomic E-state index is 12.9. The molecule has 3 unspecified atom stereocenters. The van der Waals surface area contributed by atoms with Crippen LogP contribution in [0, 0.1) is 11.8 Å². The monoisotopic (exact) mass is 314 g/mol. The first kappa shape index (κ1) is 18.8. The van der Waals surface area contributed by atoms with Gasteiger partial charge in [0.15, 0.2) is 0 Å². The number of hydrogen-bond donors (Lipinski definition) is 1. The third-order valence-corrected chi connectivity index (χ3v) is 6.83. The normalized spacial score (nSPS) is 25.0. The lowest BCUT2D eigenvalue weighted by atomic mass is 9.98. The van der Waals surface area contributed by atoms with Crippen molar-refractivity contribution < 1.29 is 4.79 Å². The zero-order chi connectivity index (χ0) is 16.2. The highest BCUT2D eigenvalue weighted by Crippen LogP contribution is 2.34. The van der Waals surface area contributed by atoms with Crippen molar-refractivity contribution >= 4 is 17.7 Å². The fourth-order valence-corrected chi connectivity index (χ4v) is 4.02. The molecular weight excluding hydrogens is 280 g/mol. The van der Waals surface area contributed by atoms with Crippen molar-refractivity contribution in [3.05, 3.63) is 0 Å². The van der Waals surface area contributed by atoms with Gasteiger partial charge in [-0.25, -0.2) is 0 Å². The van der Waals surface area contributed by atoms with Crippen molar-refractivity contribution in [1.29, 1.82) is 0 Å². The van der Waals surface area contributed by atoms with Crippen LogP contribution in [0.4, 0.5) is 0 Å². The minimum Gasteiger partial charge on any atom is -0.324 e. The van der Waals surface area contributed by atoms with E-state index in [1.54, 1.807) is 0 Å². The van der Waals surface area contributed by atoms with Gasteiger partial charge >= 0.3 is 0 Å². The number of hydrogen-bond acceptors (Lipinski definition) is 3. The summed E-state index contributed by atoms with van der Waals surface area (Å²) in [6.07, 6.45) is 5.61. The molecule has 0 bridgehead atoms. The van der Waals surface area contributed by atoms with Gasteiger partial charge in [-0.05, 0) is 30.9 Å². The summed E-state index contributed by atoms with van der Waals surface area (Å²) < 4.78 is 0.189. The van der Waals surface area contributed by atoms with Gasteiger partial charge in [-0.1, -0.05) is 48.0 Å². The first-order chi connectivity index (χ1) is 9.85. The molecule has 0 saturated carbocycles. The smallest absolute Gasteiger partial charge is 0.241 e. The molecule has 3 nitrogen and oxygen atoms in total. The third-order valence-electron chi connectivity index (χ3n) is 5.26. The summed E-state index contributed by atoms with van der Waals surface area (Å²) in [6, 6.07) is -0.00401. The summed E-state index contributed by atoms with van der Waals surface area (Å²) >= 11 is 1.91. The molecule has 1 rings (SSSR count). The first-order valence-corrected chi connectivity index (χ1v) is 9.69. The molecule has 0 aliphatic carbocycles. The van der Waals surface area contributed by atoms with E-state index in [4.69, 9.17) is 0 Å². The van der Waals surface area contributed by atoms with E-state index in [-0.39, 0.29) is 17.0 Å². The molecule has 1 saturated heterocycles. The highest BCUT2D eigenvalue weighted by atomic mass is 32.2. The summed E-state index contributed by atoms with van der Waals surface area (Å²) in [4.78, 5) is 15.0. The second-order valence-electron chi connectivity index (χ2n) is 6.78. The molecule has 0 aromatic rings. The van der Waals surface area contributed by atoms with Crippen molar-refractivity contribution in [3.8, 4) is 0 Å². The van der Waals surface area contributed by atoms with Crippen molar-refractivity contribution in [2.24, 2.45) is 11.8 Å². The average molecular weight is 315 g/mol. The van der Waals surface area contributed by atoms with E-state index in [0.717, 1.165) is 25.8 Å². The molecule has 0 aromatic carbocycles. The highest BCUT2D eigenvalue weighted by molar-refractivity contribution is 8.00. The molecule has 3 atom stereocenters. The Balaban J connectivity index is 2.98. The van der Waals surface area contributed by atoms with Gasteiger partial charge in [0.25, 0.3) is 0 Å². The predicted molar refractivity (Wildman–Crippen MR) is 93.5 cm³/mol. The summed E-state index contributed by atoms with van der Waals surface area (Å²) in [5.74, 6) is 1.15. The molecule has 0 spiro atoms. The number of amides is 1. The Morgan fingerprint density at radius 2 is 1.81 bits per heavy atom. The predicted octanol–water partition coefficient (Wildman–Crippen LogP) is 3.74. The van der Waals surface area contributed by atoms with Crippen LogP contribution in [0.2, 0.25) is 0 Å². The fraction of sp³-hybridized carbons (Fsp3) is 0.941. The van der Waals surface area contributed by atoms with Crippen molar-refractivity contribution in [1.82, 2.24) is 10.2 Å². The second kappa shape index (κ2) is 7.87. The minimum atomic E-state index is -0.00401. The van der Waals surface area contributed by atoms with Crippen LogP contribution in [0.5, 0.6) is 0 Å². The number of carbonyl (C=O) groups is 1. The Morgan fingerprint density at radius 1 is 1.24 bits per heavy atom. The van der Waals surface area contributed by atoms with Gasteiger partial charge in [0.2, 0.25) is 5.91 Å². The van der Waals surface area contributed by atoms with Gasteiger partial charge in [-0.3, -0.25) is 10.1 Å². The van der Waals surface area contributed by atoms with Gasteiger partial charge in [0, 0.05) is 11.3 Å². The molecule has 4 heteroatoms. The zero-order valence-electron chi connectivity index (χ0n) is 14.9. The quantitative estimate of drug-likeness (QED) is 0.741. The Bertz CT molecular complexity index is 333. The van der Waals surface area contributed by atoms with Crippen molar-refractivity contribution in [2.45, 2.75) is 77.8 Å². The molecule has 1 amide bonds. The van der Waals surface area contributed by atoms with Crippen LogP contribution in [0.25, 0.3) is 0 Å². The number of nitrogens with one attached hydrogen (secondary N) is 1. The molecule has 0 radical (unpaired) electrons. The van der Waals surface area contributed by atoms with Crippen LogP contribution in [-0.4, -0.2) is 40.6 Å². The first-order valence-electron chi connectivity index (χ1n) is 8.47. The molecule has 1 fully saturated rings. The summed E-state index contributed by atoms with van der Waals surface area (Å²) in [7, 11) is 0. The molecule has 21 heavy (non-hydrogen) atoms. The van der Waals surface area contributed by atoms with Crippen LogP contribution >= 0.6 is 11.8 Å². The van der Waals surface area contributed by atoms with Crippen LogP contribution in [-0.2, 0) is 4.79 Å². The number of carbonyl (C=O) groups excluding carboxylic acids is 1. The van der Waals surface area contributed by atoms with E-state index in [9.17, 15) is 4.79 Å². The van der Waals surface area contributed by atoms with E-state index >= 15 is 0 Å². The molecule has 1 heterocycles. The molecule has 124 valence electrons. The van der Waals surface area contributed by atoms with Crippen LogP contribution in [0.1, 0.15) is 60.8 Å². The van der Waals surface area contributed by atoms with Gasteiger partial charge in [0.05, 0.1) is 12.2 Å². The maximum Gasteiger partial charge on any atom is 0.241 e. The van der Waals surface area contributed by atoms with Gasteiger partial charge in [-0.15, -0.1) is 0 Å². The van der Waals surface area contributed by atoms with Crippen LogP contribution in [0.15, 0.2) is 0 Å². The Labute approximate surface area is 135 Å². The van der Waals surface area contributed by atoms with E-state index in [0.29, 0.717) is 17.7 Å².